The van der Waals surface area contributed by atoms with Crippen LogP contribution in [-0.2, 0) is 19.4 Å². The maximum Gasteiger partial charge on any atom is 0.131 e. The molecule has 1 heterocycles. The van der Waals surface area contributed by atoms with Gasteiger partial charge in [-0.15, -0.1) is 10.2 Å². The molecule has 0 saturated carbocycles. The number of aryl methyl sites for hydroxylation is 1. The zero-order chi connectivity index (χ0) is 14.9. The first-order chi connectivity index (χ1) is 10.0. The van der Waals surface area contributed by atoms with Gasteiger partial charge in [-0.3, -0.25) is 0 Å². The lowest BCUT2D eigenvalue weighted by Crippen LogP contribution is -2.35. The van der Waals surface area contributed by atoms with Gasteiger partial charge in [-0.05, 0) is 51.2 Å². The van der Waals surface area contributed by atoms with Crippen LogP contribution in [0.15, 0.2) is 24.3 Å². The number of hydrogen-bond donors (Lipinski definition) is 1. The van der Waals surface area contributed by atoms with Crippen LogP contribution in [0.2, 0.25) is 0 Å². The van der Waals surface area contributed by atoms with Gasteiger partial charge in [0.05, 0.1) is 6.54 Å². The van der Waals surface area contributed by atoms with Gasteiger partial charge in [0.2, 0.25) is 0 Å². The molecule has 1 aliphatic rings. The van der Waals surface area contributed by atoms with Crippen LogP contribution in [0.1, 0.15) is 54.3 Å². The van der Waals surface area contributed by atoms with E-state index in [2.05, 4.69) is 60.6 Å². The lowest BCUT2D eigenvalue weighted by Gasteiger charge is -2.22. The number of benzene rings is 1. The second-order valence-corrected chi connectivity index (χ2v) is 7.94. The van der Waals surface area contributed by atoms with Crippen LogP contribution in [0, 0.1) is 0 Å². The van der Waals surface area contributed by atoms with E-state index in [0.29, 0.717) is 5.92 Å². The number of aromatic nitrogens is 2. The minimum atomic E-state index is 0.121. The molecule has 1 N–H and O–H groups in total. The van der Waals surface area contributed by atoms with Crippen molar-refractivity contribution in [2.24, 2.45) is 0 Å². The Morgan fingerprint density at radius 3 is 2.71 bits per heavy atom. The van der Waals surface area contributed by atoms with Gasteiger partial charge < -0.3 is 5.32 Å². The maximum atomic E-state index is 4.44. The van der Waals surface area contributed by atoms with E-state index < -0.39 is 0 Å². The van der Waals surface area contributed by atoms with Gasteiger partial charge in [-0.2, -0.15) is 0 Å². The molecular weight excluding hydrogens is 278 g/mol. The van der Waals surface area contributed by atoms with Crippen LogP contribution in [0.3, 0.4) is 0 Å². The molecule has 0 fully saturated rings. The van der Waals surface area contributed by atoms with Crippen LogP contribution in [-0.4, -0.2) is 15.7 Å². The first-order valence-corrected chi connectivity index (χ1v) is 8.47. The van der Waals surface area contributed by atoms with Crippen molar-refractivity contribution >= 4 is 11.3 Å². The smallest absolute Gasteiger partial charge is 0.131 e. The zero-order valence-electron chi connectivity index (χ0n) is 13.0. The van der Waals surface area contributed by atoms with Gasteiger partial charge in [0.25, 0.3) is 0 Å². The summed E-state index contributed by atoms with van der Waals surface area (Å²) >= 11 is 1.77. The highest BCUT2D eigenvalue weighted by Crippen LogP contribution is 2.33. The van der Waals surface area contributed by atoms with Crippen molar-refractivity contribution in [2.45, 2.75) is 58.0 Å². The maximum absolute atomic E-state index is 4.44. The van der Waals surface area contributed by atoms with Crippen LogP contribution in [0.25, 0.3) is 0 Å². The van der Waals surface area contributed by atoms with Crippen LogP contribution < -0.4 is 5.32 Å². The van der Waals surface area contributed by atoms with E-state index in [0.717, 1.165) is 24.4 Å². The Bertz CT molecular complexity index is 612. The van der Waals surface area contributed by atoms with Gasteiger partial charge >= 0.3 is 0 Å². The Hall–Kier alpha value is -1.26. The lowest BCUT2D eigenvalue weighted by molar-refractivity contribution is 0.423. The molecule has 0 spiro atoms. The van der Waals surface area contributed by atoms with Gasteiger partial charge in [0.1, 0.15) is 10.0 Å². The standard InChI is InChI=1S/C17H23N3S/c1-17(2,3)18-11-15-19-20-16(21-15)14-9-8-12-6-4-5-7-13(12)10-14/h4-7,14,18H,8-11H2,1-3H3. The van der Waals surface area contributed by atoms with Crippen LogP contribution >= 0.6 is 11.3 Å². The fraction of sp³-hybridized carbons (Fsp3) is 0.529. The monoisotopic (exact) mass is 301 g/mol. The van der Waals surface area contributed by atoms with Gasteiger partial charge in [0, 0.05) is 11.5 Å². The molecule has 2 aromatic rings. The Morgan fingerprint density at radius 1 is 1.19 bits per heavy atom. The van der Waals surface area contributed by atoms with Gasteiger partial charge in [-0.25, -0.2) is 0 Å². The summed E-state index contributed by atoms with van der Waals surface area (Å²) in [5.41, 5.74) is 3.11. The summed E-state index contributed by atoms with van der Waals surface area (Å²) in [6.45, 7) is 7.33. The molecule has 0 radical (unpaired) electrons. The summed E-state index contributed by atoms with van der Waals surface area (Å²) < 4.78 is 0. The quantitative estimate of drug-likeness (QED) is 0.939. The molecule has 1 atom stereocenters. The van der Waals surface area contributed by atoms with E-state index >= 15 is 0 Å². The summed E-state index contributed by atoms with van der Waals surface area (Å²) in [4.78, 5) is 0. The van der Waals surface area contributed by atoms with Crippen LogP contribution in [0.4, 0.5) is 0 Å². The van der Waals surface area contributed by atoms with E-state index in [1.54, 1.807) is 11.3 Å². The first-order valence-electron chi connectivity index (χ1n) is 7.65. The zero-order valence-corrected chi connectivity index (χ0v) is 13.8. The number of hydrogen-bond acceptors (Lipinski definition) is 4. The highest BCUT2D eigenvalue weighted by molar-refractivity contribution is 7.11. The van der Waals surface area contributed by atoms with E-state index in [-0.39, 0.29) is 5.54 Å². The molecular formula is C17H23N3S. The Labute approximate surface area is 130 Å². The summed E-state index contributed by atoms with van der Waals surface area (Å²) in [5.74, 6) is 0.542. The average molecular weight is 301 g/mol. The Kier molecular flexibility index (Phi) is 4.09. The van der Waals surface area contributed by atoms with E-state index in [1.165, 1.54) is 22.6 Å². The Morgan fingerprint density at radius 2 is 1.95 bits per heavy atom. The number of rotatable bonds is 3. The number of nitrogens with zero attached hydrogens (tertiary/aromatic N) is 2. The number of fused-ring (bicyclic) bond motifs is 1. The van der Waals surface area contributed by atoms with Crippen LogP contribution in [0.5, 0.6) is 0 Å². The molecule has 0 bridgehead atoms. The highest BCUT2D eigenvalue weighted by atomic mass is 32.1. The van der Waals surface area contributed by atoms with E-state index in [4.69, 9.17) is 0 Å². The first kappa shape index (κ1) is 14.7. The molecule has 1 aromatic carbocycles. The molecule has 0 aliphatic heterocycles. The van der Waals surface area contributed by atoms with Crippen molar-refractivity contribution in [1.29, 1.82) is 0 Å². The van der Waals surface area contributed by atoms with Crippen molar-refractivity contribution in [3.05, 3.63) is 45.4 Å². The predicted molar refractivity (Wildman–Crippen MR) is 87.7 cm³/mol. The molecule has 4 heteroatoms. The summed E-state index contributed by atoms with van der Waals surface area (Å²) in [6.07, 6.45) is 3.46. The van der Waals surface area contributed by atoms with Crippen molar-refractivity contribution in [3.8, 4) is 0 Å². The molecule has 1 aromatic heterocycles. The Balaban J connectivity index is 1.67. The predicted octanol–water partition coefficient (Wildman–Crippen LogP) is 3.70. The van der Waals surface area contributed by atoms with Crippen molar-refractivity contribution in [3.63, 3.8) is 0 Å². The summed E-state index contributed by atoms with van der Waals surface area (Å²) in [6, 6.07) is 8.79. The SMILES string of the molecule is CC(C)(C)NCc1nnc(C2CCc3ccccc3C2)s1. The summed E-state index contributed by atoms with van der Waals surface area (Å²) in [7, 11) is 0. The van der Waals surface area contributed by atoms with E-state index in [1.807, 2.05) is 0 Å². The minimum Gasteiger partial charge on any atom is -0.306 e. The molecule has 112 valence electrons. The normalized spacial score (nSPS) is 18.5. The van der Waals surface area contributed by atoms with Crippen molar-refractivity contribution in [1.82, 2.24) is 15.5 Å². The fourth-order valence-electron chi connectivity index (χ4n) is 2.75. The molecule has 3 nitrogen and oxygen atoms in total. The molecule has 0 amide bonds. The molecule has 21 heavy (non-hydrogen) atoms. The van der Waals surface area contributed by atoms with Crippen molar-refractivity contribution < 1.29 is 0 Å². The molecule has 1 aliphatic carbocycles. The van der Waals surface area contributed by atoms with E-state index in [9.17, 15) is 0 Å². The third kappa shape index (κ3) is 3.69. The summed E-state index contributed by atoms with van der Waals surface area (Å²) in [5, 5.41) is 14.6. The molecule has 1 unspecified atom stereocenters. The average Bonchev–Trinajstić information content (AvgIpc) is 2.93. The highest BCUT2D eigenvalue weighted by Gasteiger charge is 2.23. The minimum absolute atomic E-state index is 0.121. The fourth-order valence-corrected chi connectivity index (χ4v) is 3.67. The molecule has 0 saturated heterocycles. The third-order valence-corrected chi connectivity index (χ3v) is 5.03. The van der Waals surface area contributed by atoms with Crippen molar-refractivity contribution in [2.75, 3.05) is 0 Å². The lowest BCUT2D eigenvalue weighted by atomic mass is 9.84. The second-order valence-electron chi connectivity index (χ2n) is 6.85. The third-order valence-electron chi connectivity index (χ3n) is 3.95. The molecule has 3 rings (SSSR count). The topological polar surface area (TPSA) is 37.8 Å². The van der Waals surface area contributed by atoms with Gasteiger partial charge in [0.15, 0.2) is 0 Å². The largest absolute Gasteiger partial charge is 0.306 e. The second kappa shape index (κ2) is 5.85. The van der Waals surface area contributed by atoms with Gasteiger partial charge in [-0.1, -0.05) is 35.6 Å². The number of nitrogens with one attached hydrogen (secondary N) is 1.